The van der Waals surface area contributed by atoms with Gasteiger partial charge in [0, 0.05) is 17.9 Å². The van der Waals surface area contributed by atoms with Crippen LogP contribution in [-0.2, 0) is 19.1 Å². The Balaban J connectivity index is 2.18. The number of amides is 2. The van der Waals surface area contributed by atoms with E-state index in [2.05, 4.69) is 0 Å². The van der Waals surface area contributed by atoms with Crippen LogP contribution in [0.3, 0.4) is 0 Å². The summed E-state index contributed by atoms with van der Waals surface area (Å²) >= 11 is 0. The van der Waals surface area contributed by atoms with Gasteiger partial charge < -0.3 is 15.2 Å². The van der Waals surface area contributed by atoms with Gasteiger partial charge >= 0.3 is 12.1 Å². The molecule has 2 fully saturated rings. The number of ether oxygens (including phenoxy) is 2. The monoisotopic (exact) mass is 312 g/mol. The number of primary amides is 1. The van der Waals surface area contributed by atoms with Gasteiger partial charge in [-0.05, 0) is 40.5 Å². The van der Waals surface area contributed by atoms with Gasteiger partial charge in [0.1, 0.15) is 11.6 Å². The fourth-order valence-electron chi connectivity index (χ4n) is 3.25. The van der Waals surface area contributed by atoms with Crippen LogP contribution < -0.4 is 5.73 Å². The fraction of sp³-hybridized carbons (Fsp3) is 0.800. The third-order valence-corrected chi connectivity index (χ3v) is 4.11. The SMILES string of the molecule is CCOC(=O)[C@@H]1C[C@]2(CC(N)=O)C[C@@H]2N1C(=O)OC(C)(C)C. The molecule has 1 aliphatic heterocycles. The third-order valence-electron chi connectivity index (χ3n) is 4.11. The Morgan fingerprint density at radius 1 is 1.27 bits per heavy atom. The first kappa shape index (κ1) is 16.6. The third kappa shape index (κ3) is 3.18. The fourth-order valence-corrected chi connectivity index (χ4v) is 3.25. The zero-order chi connectivity index (χ0) is 16.7. The van der Waals surface area contributed by atoms with Crippen LogP contribution in [0.2, 0.25) is 0 Å². The molecular weight excluding hydrogens is 288 g/mol. The number of fused-ring (bicyclic) bond motifs is 1. The Labute approximate surface area is 130 Å². The Morgan fingerprint density at radius 2 is 1.91 bits per heavy atom. The summed E-state index contributed by atoms with van der Waals surface area (Å²) in [5.41, 5.74) is 4.26. The average molecular weight is 312 g/mol. The summed E-state index contributed by atoms with van der Waals surface area (Å²) in [6.45, 7) is 7.26. The molecular formula is C15H24N2O5. The van der Waals surface area contributed by atoms with E-state index in [1.807, 2.05) is 0 Å². The minimum atomic E-state index is -0.701. The molecule has 1 saturated carbocycles. The summed E-state index contributed by atoms with van der Waals surface area (Å²) in [7, 11) is 0. The van der Waals surface area contributed by atoms with Crippen LogP contribution in [0.15, 0.2) is 0 Å². The van der Waals surface area contributed by atoms with Gasteiger partial charge in [-0.3, -0.25) is 9.69 Å². The first-order valence-electron chi connectivity index (χ1n) is 7.56. The second-order valence-corrected chi connectivity index (χ2v) is 7.08. The first-order valence-corrected chi connectivity index (χ1v) is 7.56. The van der Waals surface area contributed by atoms with Crippen LogP contribution in [-0.4, -0.2) is 47.2 Å². The van der Waals surface area contributed by atoms with Gasteiger partial charge in [-0.1, -0.05) is 0 Å². The minimum absolute atomic E-state index is 0.173. The molecule has 3 atom stereocenters. The lowest BCUT2D eigenvalue weighted by atomic mass is 9.95. The van der Waals surface area contributed by atoms with E-state index in [1.165, 1.54) is 4.90 Å². The van der Waals surface area contributed by atoms with Crippen molar-refractivity contribution >= 4 is 18.0 Å². The maximum absolute atomic E-state index is 12.4. The molecule has 0 aromatic carbocycles. The van der Waals surface area contributed by atoms with Gasteiger partial charge in [0.15, 0.2) is 0 Å². The minimum Gasteiger partial charge on any atom is -0.464 e. The maximum Gasteiger partial charge on any atom is 0.411 e. The van der Waals surface area contributed by atoms with Crippen LogP contribution in [0.25, 0.3) is 0 Å². The Kier molecular flexibility index (Phi) is 4.10. The molecule has 22 heavy (non-hydrogen) atoms. The highest BCUT2D eigenvalue weighted by Crippen LogP contribution is 2.62. The molecule has 2 N–H and O–H groups in total. The van der Waals surface area contributed by atoms with Gasteiger partial charge in [0.2, 0.25) is 5.91 Å². The van der Waals surface area contributed by atoms with Gasteiger partial charge in [-0.15, -0.1) is 0 Å². The standard InChI is InChI=1S/C15H24N2O5/c1-5-21-12(19)9-6-15(8-11(16)18)7-10(15)17(9)13(20)22-14(2,3)4/h9-10H,5-8H2,1-4H3,(H2,16,18)/t9-,10-,15+/m0/s1. The van der Waals surface area contributed by atoms with E-state index in [0.29, 0.717) is 12.8 Å². The molecule has 2 amide bonds. The van der Waals surface area contributed by atoms with Crippen molar-refractivity contribution < 1.29 is 23.9 Å². The number of piperidine rings is 1. The highest BCUT2D eigenvalue weighted by molar-refractivity contribution is 5.85. The van der Waals surface area contributed by atoms with Crippen LogP contribution in [0.5, 0.6) is 0 Å². The van der Waals surface area contributed by atoms with E-state index < -0.39 is 29.6 Å². The van der Waals surface area contributed by atoms with Crippen molar-refractivity contribution in [1.82, 2.24) is 4.90 Å². The van der Waals surface area contributed by atoms with Gasteiger partial charge in [0.25, 0.3) is 0 Å². The smallest absolute Gasteiger partial charge is 0.411 e. The second kappa shape index (κ2) is 5.44. The molecule has 0 aromatic heterocycles. The summed E-state index contributed by atoms with van der Waals surface area (Å²) < 4.78 is 10.4. The molecule has 0 aromatic rings. The summed E-state index contributed by atoms with van der Waals surface area (Å²) in [4.78, 5) is 37.3. The van der Waals surface area contributed by atoms with E-state index in [0.717, 1.165) is 0 Å². The number of esters is 1. The molecule has 1 heterocycles. The number of hydrogen-bond donors (Lipinski definition) is 1. The van der Waals surface area contributed by atoms with Crippen molar-refractivity contribution in [1.29, 1.82) is 0 Å². The quantitative estimate of drug-likeness (QED) is 0.786. The van der Waals surface area contributed by atoms with Crippen molar-refractivity contribution in [3.63, 3.8) is 0 Å². The molecule has 7 heteroatoms. The summed E-state index contributed by atoms with van der Waals surface area (Å²) in [6, 6.07) is -0.878. The summed E-state index contributed by atoms with van der Waals surface area (Å²) in [5.74, 6) is -0.874. The van der Waals surface area contributed by atoms with Crippen molar-refractivity contribution in [3.05, 3.63) is 0 Å². The van der Waals surface area contributed by atoms with Crippen LogP contribution >= 0.6 is 0 Å². The van der Waals surface area contributed by atoms with Gasteiger partial charge in [0.05, 0.1) is 6.61 Å². The Bertz CT molecular complexity index is 499. The highest BCUT2D eigenvalue weighted by atomic mass is 16.6. The number of nitrogens with zero attached hydrogens (tertiary/aromatic N) is 1. The number of carbonyl (C=O) groups excluding carboxylic acids is 3. The Morgan fingerprint density at radius 3 is 2.41 bits per heavy atom. The number of hydrogen-bond acceptors (Lipinski definition) is 5. The average Bonchev–Trinajstić information content (AvgIpc) is 2.90. The predicted octanol–water partition coefficient (Wildman–Crippen LogP) is 1.19. The van der Waals surface area contributed by atoms with E-state index in [1.54, 1.807) is 27.7 Å². The predicted molar refractivity (Wildman–Crippen MR) is 77.8 cm³/mol. The molecule has 2 aliphatic rings. The molecule has 0 unspecified atom stereocenters. The highest BCUT2D eigenvalue weighted by Gasteiger charge is 2.68. The molecule has 2 rings (SSSR count). The Hall–Kier alpha value is -1.79. The largest absolute Gasteiger partial charge is 0.464 e. The number of carbonyl (C=O) groups is 3. The van der Waals surface area contributed by atoms with Crippen molar-refractivity contribution in [2.45, 2.75) is 64.6 Å². The van der Waals surface area contributed by atoms with E-state index >= 15 is 0 Å². The first-order chi connectivity index (χ1) is 10.1. The second-order valence-electron chi connectivity index (χ2n) is 7.08. The molecule has 0 spiro atoms. The topological polar surface area (TPSA) is 98.9 Å². The normalized spacial score (nSPS) is 29.7. The zero-order valence-electron chi connectivity index (χ0n) is 13.5. The molecule has 1 saturated heterocycles. The van der Waals surface area contributed by atoms with Crippen molar-refractivity contribution in [3.8, 4) is 0 Å². The van der Waals surface area contributed by atoms with Gasteiger partial charge in [-0.2, -0.15) is 0 Å². The van der Waals surface area contributed by atoms with E-state index in [4.69, 9.17) is 15.2 Å². The number of rotatable bonds is 4. The molecule has 7 nitrogen and oxygen atoms in total. The maximum atomic E-state index is 12.4. The number of likely N-dealkylation sites (tertiary alicyclic amines) is 1. The molecule has 0 radical (unpaired) electrons. The summed E-state index contributed by atoms with van der Waals surface area (Å²) in [5, 5.41) is 0. The van der Waals surface area contributed by atoms with Crippen LogP contribution in [0.1, 0.15) is 47.0 Å². The number of nitrogens with two attached hydrogens (primary N) is 1. The molecule has 0 bridgehead atoms. The lowest BCUT2D eigenvalue weighted by molar-refractivity contribution is -0.149. The molecule has 124 valence electrons. The lowest BCUT2D eigenvalue weighted by Crippen LogP contribution is -2.46. The van der Waals surface area contributed by atoms with Crippen LogP contribution in [0.4, 0.5) is 4.79 Å². The van der Waals surface area contributed by atoms with E-state index in [9.17, 15) is 14.4 Å². The van der Waals surface area contributed by atoms with Crippen molar-refractivity contribution in [2.24, 2.45) is 11.1 Å². The molecule has 1 aliphatic carbocycles. The van der Waals surface area contributed by atoms with Gasteiger partial charge in [-0.25, -0.2) is 9.59 Å². The lowest BCUT2D eigenvalue weighted by Gasteiger charge is -2.29. The zero-order valence-corrected chi connectivity index (χ0v) is 13.5. The summed E-state index contributed by atoms with van der Waals surface area (Å²) in [6.07, 6.45) is 0.704. The van der Waals surface area contributed by atoms with Crippen molar-refractivity contribution in [2.75, 3.05) is 6.61 Å². The van der Waals surface area contributed by atoms with E-state index in [-0.39, 0.29) is 24.5 Å². The van der Waals surface area contributed by atoms with Crippen LogP contribution in [0, 0.1) is 5.41 Å².